The first kappa shape index (κ1) is 16.9. The Balaban J connectivity index is 3.57. The molecule has 1 aromatic heterocycles. The van der Waals surface area contributed by atoms with Gasteiger partial charge in [0.2, 0.25) is 5.88 Å². The number of alkyl halides is 5. The van der Waals surface area contributed by atoms with Crippen molar-refractivity contribution in [3.63, 3.8) is 0 Å². The number of hydrogen-bond donors (Lipinski definition) is 1. The van der Waals surface area contributed by atoms with Crippen LogP contribution in [0.1, 0.15) is 17.7 Å². The van der Waals surface area contributed by atoms with Crippen molar-refractivity contribution in [1.29, 1.82) is 0 Å². The van der Waals surface area contributed by atoms with E-state index in [1.165, 1.54) is 0 Å². The summed E-state index contributed by atoms with van der Waals surface area (Å²) in [5, 5.41) is 0. The molecule has 1 heterocycles. The average Bonchev–Trinajstić information content (AvgIpc) is 2.24. The maximum absolute atomic E-state index is 12.7. The van der Waals surface area contributed by atoms with Crippen molar-refractivity contribution in [2.24, 2.45) is 5.73 Å². The van der Waals surface area contributed by atoms with Crippen molar-refractivity contribution in [1.82, 2.24) is 4.98 Å². The van der Waals surface area contributed by atoms with Crippen LogP contribution in [-0.2, 0) is 15.6 Å². The molecule has 0 aliphatic rings. The van der Waals surface area contributed by atoms with Crippen LogP contribution in [0.25, 0.3) is 0 Å². The zero-order valence-electron chi connectivity index (χ0n) is 9.29. The molecule has 20 heavy (non-hydrogen) atoms. The highest BCUT2D eigenvalue weighted by molar-refractivity contribution is 8.13. The van der Waals surface area contributed by atoms with E-state index in [4.69, 9.17) is 16.4 Å². The van der Waals surface area contributed by atoms with Gasteiger partial charge in [0.15, 0.2) is 0 Å². The molecular weight excluding hydrogens is 335 g/mol. The van der Waals surface area contributed by atoms with Crippen molar-refractivity contribution < 1.29 is 35.1 Å². The second kappa shape index (κ2) is 5.66. The first-order valence-corrected chi connectivity index (χ1v) is 6.99. The van der Waals surface area contributed by atoms with E-state index in [9.17, 15) is 30.4 Å². The second-order valence-electron chi connectivity index (χ2n) is 3.31. The van der Waals surface area contributed by atoms with Crippen LogP contribution in [0.4, 0.5) is 22.0 Å². The van der Waals surface area contributed by atoms with Crippen LogP contribution in [0.15, 0.2) is 11.0 Å². The molecule has 1 aromatic rings. The van der Waals surface area contributed by atoms with Gasteiger partial charge in [-0.3, -0.25) is 0 Å². The Morgan fingerprint density at radius 1 is 1.40 bits per heavy atom. The minimum atomic E-state index is -5.23. The molecule has 0 saturated carbocycles. The number of ether oxygens (including phenoxy) is 1. The topological polar surface area (TPSA) is 82.3 Å². The van der Waals surface area contributed by atoms with Crippen molar-refractivity contribution in [2.45, 2.75) is 24.2 Å². The van der Waals surface area contributed by atoms with Crippen LogP contribution in [-0.4, -0.2) is 19.8 Å². The van der Waals surface area contributed by atoms with E-state index in [1.54, 1.807) is 0 Å². The van der Waals surface area contributed by atoms with Gasteiger partial charge in [0.25, 0.3) is 15.5 Å². The van der Waals surface area contributed by atoms with Crippen LogP contribution >= 0.6 is 10.7 Å². The average molecular weight is 341 g/mol. The maximum atomic E-state index is 12.7. The molecule has 0 spiro atoms. The third-order valence-electron chi connectivity index (χ3n) is 1.99. The lowest BCUT2D eigenvalue weighted by Crippen LogP contribution is -2.20. The third-order valence-corrected chi connectivity index (χ3v) is 3.37. The molecule has 0 fully saturated rings. The minimum Gasteiger partial charge on any atom is -0.388 e. The van der Waals surface area contributed by atoms with Gasteiger partial charge in [-0.15, -0.1) is 13.2 Å². The second-order valence-corrected chi connectivity index (χ2v) is 5.85. The van der Waals surface area contributed by atoms with Crippen molar-refractivity contribution in [3.8, 4) is 5.88 Å². The van der Waals surface area contributed by atoms with E-state index >= 15 is 0 Å². The van der Waals surface area contributed by atoms with E-state index in [0.29, 0.717) is 0 Å². The molecule has 0 aliphatic heterocycles. The summed E-state index contributed by atoms with van der Waals surface area (Å²) in [5.41, 5.74) is 3.19. The molecule has 0 radical (unpaired) electrons. The van der Waals surface area contributed by atoms with Gasteiger partial charge in [0, 0.05) is 28.9 Å². The highest BCUT2D eigenvalue weighted by Gasteiger charge is 2.34. The third kappa shape index (κ3) is 4.15. The van der Waals surface area contributed by atoms with Gasteiger partial charge in [0.05, 0.1) is 4.90 Å². The molecule has 0 atom stereocenters. The van der Waals surface area contributed by atoms with E-state index in [-0.39, 0.29) is 6.07 Å². The first-order valence-electron chi connectivity index (χ1n) is 4.68. The van der Waals surface area contributed by atoms with Gasteiger partial charge < -0.3 is 10.5 Å². The van der Waals surface area contributed by atoms with E-state index in [1.807, 2.05) is 0 Å². The van der Waals surface area contributed by atoms with Gasteiger partial charge in [-0.25, -0.2) is 22.2 Å². The summed E-state index contributed by atoms with van der Waals surface area (Å²) < 4.78 is 87.2. The fourth-order valence-corrected chi connectivity index (χ4v) is 2.45. The smallest absolute Gasteiger partial charge is 0.388 e. The Bertz CT molecular complexity index is 605. The van der Waals surface area contributed by atoms with Crippen LogP contribution in [0.3, 0.4) is 0 Å². The predicted octanol–water partition coefficient (Wildman–Crippen LogP) is 2.30. The minimum absolute atomic E-state index is 0.282. The molecule has 1 rings (SSSR count). The Kier molecular flexibility index (Phi) is 4.77. The molecule has 12 heteroatoms. The van der Waals surface area contributed by atoms with Gasteiger partial charge in [-0.2, -0.15) is 0 Å². The number of aromatic nitrogens is 1. The summed E-state index contributed by atoms with van der Waals surface area (Å²) in [4.78, 5) is 1.90. The Labute approximate surface area is 113 Å². The van der Waals surface area contributed by atoms with E-state index in [2.05, 4.69) is 9.72 Å². The zero-order chi connectivity index (χ0) is 15.7. The molecule has 0 bridgehead atoms. The maximum Gasteiger partial charge on any atom is 0.574 e. The van der Waals surface area contributed by atoms with Crippen molar-refractivity contribution in [2.75, 3.05) is 0 Å². The predicted molar refractivity (Wildman–Crippen MR) is 56.8 cm³/mol. The summed E-state index contributed by atoms with van der Waals surface area (Å²) >= 11 is 0. The molecule has 5 nitrogen and oxygen atoms in total. The quantitative estimate of drug-likeness (QED) is 0.672. The summed E-state index contributed by atoms with van der Waals surface area (Å²) in [5.74, 6) is -1.37. The molecule has 0 unspecified atom stereocenters. The van der Waals surface area contributed by atoms with Crippen LogP contribution in [0.5, 0.6) is 5.88 Å². The first-order chi connectivity index (χ1) is 8.95. The molecular formula is C8H6ClF5N2O3S. The summed E-state index contributed by atoms with van der Waals surface area (Å²) in [7, 11) is 0.361. The summed E-state index contributed by atoms with van der Waals surface area (Å²) in [6.45, 7) is -0.708. The number of pyridine rings is 1. The molecule has 0 aromatic carbocycles. The summed E-state index contributed by atoms with van der Waals surface area (Å²) in [6, 6.07) is 0.282. The van der Waals surface area contributed by atoms with Gasteiger partial charge in [0.1, 0.15) is 5.69 Å². The molecule has 0 saturated heterocycles. The molecule has 0 aliphatic carbocycles. The van der Waals surface area contributed by atoms with Gasteiger partial charge >= 0.3 is 6.36 Å². The van der Waals surface area contributed by atoms with Crippen LogP contribution < -0.4 is 10.5 Å². The molecule has 114 valence electrons. The number of hydrogen-bond acceptors (Lipinski definition) is 5. The fourth-order valence-electron chi connectivity index (χ4n) is 1.32. The van der Waals surface area contributed by atoms with Gasteiger partial charge in [-0.05, 0) is 0 Å². The van der Waals surface area contributed by atoms with Crippen LogP contribution in [0, 0.1) is 0 Å². The monoisotopic (exact) mass is 340 g/mol. The lowest BCUT2D eigenvalue weighted by atomic mass is 10.2. The Morgan fingerprint density at radius 3 is 2.30 bits per heavy atom. The SMILES string of the molecule is NCc1c(S(=O)(=O)Cl)cc(OC(F)(F)F)nc1C(F)F. The number of halogens is 6. The molecule has 2 N–H and O–H groups in total. The number of nitrogens with zero attached hydrogens (tertiary/aromatic N) is 1. The number of rotatable bonds is 4. The highest BCUT2D eigenvalue weighted by atomic mass is 35.7. The largest absolute Gasteiger partial charge is 0.574 e. The summed E-state index contributed by atoms with van der Waals surface area (Å²) in [6.07, 6.45) is -8.59. The van der Waals surface area contributed by atoms with Crippen LogP contribution in [0.2, 0.25) is 0 Å². The van der Waals surface area contributed by atoms with Gasteiger partial charge in [-0.1, -0.05) is 0 Å². The van der Waals surface area contributed by atoms with Crippen molar-refractivity contribution >= 4 is 19.7 Å². The fraction of sp³-hybridized carbons (Fsp3) is 0.375. The zero-order valence-corrected chi connectivity index (χ0v) is 10.9. The van der Waals surface area contributed by atoms with E-state index in [0.717, 1.165) is 0 Å². The standard InChI is InChI=1S/C8H6ClF5N2O3S/c9-20(17,18)4-1-5(19-8(12,13)14)16-6(7(10)11)3(4)2-15/h1,7H,2,15H2. The number of nitrogens with two attached hydrogens (primary N) is 1. The van der Waals surface area contributed by atoms with Crippen molar-refractivity contribution in [3.05, 3.63) is 17.3 Å². The van der Waals surface area contributed by atoms with E-state index < -0.39 is 50.4 Å². The lowest BCUT2D eigenvalue weighted by molar-refractivity contribution is -0.276. The highest BCUT2D eigenvalue weighted by Crippen LogP contribution is 2.33. The normalized spacial score (nSPS) is 12.8. The Hall–Kier alpha value is -1.20. The molecule has 0 amide bonds. The Morgan fingerprint density at radius 2 is 1.95 bits per heavy atom. The lowest BCUT2D eigenvalue weighted by Gasteiger charge is -2.14.